The summed E-state index contributed by atoms with van der Waals surface area (Å²) in [6, 6.07) is 6.80. The van der Waals surface area contributed by atoms with Crippen molar-refractivity contribution < 1.29 is 9.53 Å². The number of nitriles is 1. The van der Waals surface area contributed by atoms with Crippen molar-refractivity contribution in [3.05, 3.63) is 28.9 Å². The lowest BCUT2D eigenvalue weighted by Gasteiger charge is -2.48. The number of halogens is 1. The van der Waals surface area contributed by atoms with Crippen LogP contribution in [-0.2, 0) is 9.53 Å². The van der Waals surface area contributed by atoms with Crippen LogP contribution in [0.25, 0.3) is 0 Å². The molecule has 0 bridgehead atoms. The molecule has 2 unspecified atom stereocenters. The predicted molar refractivity (Wildman–Crippen MR) is 142 cm³/mol. The third-order valence-electron chi connectivity index (χ3n) is 7.72. The Hall–Kier alpha value is -3.00. The van der Waals surface area contributed by atoms with Gasteiger partial charge in [0.25, 0.3) is 0 Å². The lowest BCUT2D eigenvalue weighted by atomic mass is 10.0. The number of nitrogens with one attached hydrogen (secondary N) is 3. The molecule has 0 radical (unpaired) electrons. The molecule has 1 amide bonds. The summed E-state index contributed by atoms with van der Waals surface area (Å²) in [6.07, 6.45) is 5.18. The van der Waals surface area contributed by atoms with E-state index in [-0.39, 0.29) is 17.9 Å². The number of anilines is 4. The smallest absolute Gasteiger partial charge is 0.228 e. The summed E-state index contributed by atoms with van der Waals surface area (Å²) in [7, 11) is 0. The molecular weight excluding hydrogens is 492 g/mol. The third kappa shape index (κ3) is 5.21. The Balaban J connectivity index is 1.05. The zero-order valence-corrected chi connectivity index (χ0v) is 21.8. The third-order valence-corrected chi connectivity index (χ3v) is 8.12. The summed E-state index contributed by atoms with van der Waals surface area (Å²) in [6.45, 7) is 7.64. The molecule has 2 atom stereocenters. The second kappa shape index (κ2) is 10.0. The minimum atomic E-state index is 0.0670. The number of ether oxygens (including phenoxy) is 1. The minimum Gasteiger partial charge on any atom is -0.378 e. The number of benzene rings is 1. The Kier molecular flexibility index (Phi) is 6.61. The number of hydrogen-bond acceptors (Lipinski definition) is 8. The first kappa shape index (κ1) is 24.3. The molecule has 10 nitrogen and oxygen atoms in total. The number of aromatic amines is 1. The molecule has 1 aromatic heterocycles. The SMILES string of the molecule is CCOC1CC1C(=O)N1CC(N2CCN(c3cc(C#N)cc(Nc4nc(NC5CC5)c[nH]4)c3Cl)CC2)C1. The number of carbonyl (C=O) groups is 1. The molecule has 37 heavy (non-hydrogen) atoms. The van der Waals surface area contributed by atoms with Gasteiger partial charge in [0.2, 0.25) is 11.9 Å². The highest BCUT2D eigenvalue weighted by Gasteiger charge is 2.49. The Morgan fingerprint density at radius 3 is 2.76 bits per heavy atom. The summed E-state index contributed by atoms with van der Waals surface area (Å²) < 4.78 is 5.58. The largest absolute Gasteiger partial charge is 0.378 e. The first-order valence-corrected chi connectivity index (χ1v) is 13.6. The molecule has 1 aromatic carbocycles. The Morgan fingerprint density at radius 1 is 1.27 bits per heavy atom. The zero-order valence-electron chi connectivity index (χ0n) is 21.0. The van der Waals surface area contributed by atoms with Crippen molar-refractivity contribution >= 4 is 40.6 Å². The highest BCUT2D eigenvalue weighted by atomic mass is 35.5. The van der Waals surface area contributed by atoms with Crippen LogP contribution in [0.3, 0.4) is 0 Å². The number of H-pyrrole nitrogens is 1. The second-order valence-corrected chi connectivity index (χ2v) is 10.8. The van der Waals surface area contributed by atoms with Crippen molar-refractivity contribution in [2.24, 2.45) is 5.92 Å². The lowest BCUT2D eigenvalue weighted by molar-refractivity contribution is -0.141. The van der Waals surface area contributed by atoms with E-state index in [2.05, 4.69) is 36.5 Å². The fourth-order valence-electron chi connectivity index (χ4n) is 5.28. The van der Waals surface area contributed by atoms with E-state index in [1.807, 2.05) is 24.1 Å². The number of nitrogens with zero attached hydrogens (tertiary/aromatic N) is 5. The summed E-state index contributed by atoms with van der Waals surface area (Å²) >= 11 is 6.84. The van der Waals surface area contributed by atoms with Crippen molar-refractivity contribution in [3.8, 4) is 6.07 Å². The Morgan fingerprint density at radius 2 is 2.05 bits per heavy atom. The van der Waals surface area contributed by atoms with E-state index in [0.29, 0.717) is 40.9 Å². The quantitative estimate of drug-likeness (QED) is 0.459. The van der Waals surface area contributed by atoms with Gasteiger partial charge < -0.3 is 30.2 Å². The average molecular weight is 525 g/mol. The van der Waals surface area contributed by atoms with Gasteiger partial charge >= 0.3 is 0 Å². The van der Waals surface area contributed by atoms with Crippen molar-refractivity contribution in [1.29, 1.82) is 5.26 Å². The molecule has 3 heterocycles. The summed E-state index contributed by atoms with van der Waals surface area (Å²) in [5.74, 6) is 1.70. The van der Waals surface area contributed by atoms with E-state index in [1.54, 1.807) is 6.07 Å². The van der Waals surface area contributed by atoms with Crippen LogP contribution in [0.2, 0.25) is 5.02 Å². The standard InChI is InChI=1S/C26H33ClN8O2/c1-2-37-22-11-19(22)25(36)35-14-18(15-35)33-5-7-34(8-6-33)21-10-16(12-28)9-20(24(21)27)31-26-29-13-23(32-26)30-17-3-4-17/h9-10,13,17-19,22,30H,2-8,11,14-15H2,1H3,(H2,29,31,32). The minimum absolute atomic E-state index is 0.0670. The van der Waals surface area contributed by atoms with Crippen molar-refractivity contribution in [2.45, 2.75) is 44.4 Å². The average Bonchev–Trinajstić information content (AvgIpc) is 3.79. The van der Waals surface area contributed by atoms with Crippen molar-refractivity contribution in [1.82, 2.24) is 19.8 Å². The lowest BCUT2D eigenvalue weighted by Crippen LogP contribution is -2.64. The predicted octanol–water partition coefficient (Wildman–Crippen LogP) is 3.01. The van der Waals surface area contributed by atoms with Crippen LogP contribution >= 0.6 is 11.6 Å². The Labute approximate surface area is 221 Å². The molecule has 196 valence electrons. The Bertz CT molecular complexity index is 1190. The summed E-state index contributed by atoms with van der Waals surface area (Å²) in [4.78, 5) is 27.0. The van der Waals surface area contributed by atoms with Crippen LogP contribution in [0.1, 0.15) is 31.7 Å². The normalized spacial score (nSPS) is 23.9. The number of aromatic nitrogens is 2. The summed E-state index contributed by atoms with van der Waals surface area (Å²) in [5, 5.41) is 16.8. The van der Waals surface area contributed by atoms with E-state index in [0.717, 1.165) is 57.2 Å². The molecule has 6 rings (SSSR count). The van der Waals surface area contributed by atoms with Gasteiger partial charge in [-0.15, -0.1) is 0 Å². The molecule has 2 aromatic rings. The van der Waals surface area contributed by atoms with Crippen molar-refractivity contribution in [3.63, 3.8) is 0 Å². The first-order valence-electron chi connectivity index (χ1n) is 13.2. The first-order chi connectivity index (χ1) is 18.0. The van der Waals surface area contributed by atoms with Gasteiger partial charge in [0.05, 0.1) is 40.1 Å². The van der Waals surface area contributed by atoms with Crippen LogP contribution in [0.4, 0.5) is 23.1 Å². The van der Waals surface area contributed by atoms with E-state index in [4.69, 9.17) is 16.3 Å². The number of amides is 1. The number of likely N-dealkylation sites (tertiary alicyclic amines) is 1. The van der Waals surface area contributed by atoms with Gasteiger partial charge in [-0.3, -0.25) is 9.69 Å². The topological polar surface area (TPSA) is 113 Å². The molecule has 0 spiro atoms. The fraction of sp³-hybridized carbons (Fsp3) is 0.577. The molecule has 4 aliphatic rings. The highest BCUT2D eigenvalue weighted by Crippen LogP contribution is 2.38. The highest BCUT2D eigenvalue weighted by molar-refractivity contribution is 6.36. The molecule has 2 aliphatic carbocycles. The molecule has 3 N–H and O–H groups in total. The van der Waals surface area contributed by atoms with Gasteiger partial charge in [-0.1, -0.05) is 11.6 Å². The number of rotatable bonds is 9. The molecule has 2 saturated heterocycles. The van der Waals surface area contributed by atoms with Crippen LogP contribution in [0.15, 0.2) is 18.3 Å². The monoisotopic (exact) mass is 524 g/mol. The van der Waals surface area contributed by atoms with Gasteiger partial charge in [0, 0.05) is 64.2 Å². The molecule has 2 aliphatic heterocycles. The van der Waals surface area contributed by atoms with Crippen LogP contribution in [-0.4, -0.2) is 89.7 Å². The van der Waals surface area contributed by atoms with Gasteiger partial charge in [-0.2, -0.15) is 10.2 Å². The number of hydrogen-bond donors (Lipinski definition) is 3. The molecule has 4 fully saturated rings. The fourth-order valence-corrected chi connectivity index (χ4v) is 5.55. The van der Waals surface area contributed by atoms with Gasteiger partial charge in [0.1, 0.15) is 5.82 Å². The van der Waals surface area contributed by atoms with E-state index in [9.17, 15) is 10.1 Å². The van der Waals surface area contributed by atoms with Gasteiger partial charge in [0.15, 0.2) is 0 Å². The van der Waals surface area contributed by atoms with Crippen molar-refractivity contribution in [2.75, 3.05) is 61.4 Å². The number of piperazine rings is 1. The molecule has 2 saturated carbocycles. The zero-order chi connectivity index (χ0) is 25.5. The van der Waals surface area contributed by atoms with Gasteiger partial charge in [-0.25, -0.2) is 0 Å². The molecular formula is C26H33ClN8O2. The second-order valence-electron chi connectivity index (χ2n) is 10.4. The number of imidazole rings is 1. The van der Waals surface area contributed by atoms with Crippen LogP contribution < -0.4 is 15.5 Å². The summed E-state index contributed by atoms with van der Waals surface area (Å²) in [5.41, 5.74) is 2.06. The van der Waals surface area contributed by atoms with E-state index in [1.165, 1.54) is 12.8 Å². The van der Waals surface area contributed by atoms with E-state index >= 15 is 0 Å². The maximum absolute atomic E-state index is 12.6. The van der Waals surface area contributed by atoms with E-state index < -0.39 is 0 Å². The van der Waals surface area contributed by atoms with Gasteiger partial charge in [-0.05, 0) is 38.3 Å². The number of carbonyl (C=O) groups excluding carboxylic acids is 1. The molecule has 11 heteroatoms. The van der Waals surface area contributed by atoms with Crippen LogP contribution in [0.5, 0.6) is 0 Å². The maximum Gasteiger partial charge on any atom is 0.228 e. The maximum atomic E-state index is 12.6. The van der Waals surface area contributed by atoms with Crippen LogP contribution in [0, 0.1) is 17.2 Å².